The van der Waals surface area contributed by atoms with Gasteiger partial charge in [0, 0.05) is 11.8 Å². The molecule has 1 aromatic carbocycles. The molecular formula is C25H34F2O. The van der Waals surface area contributed by atoms with Crippen LogP contribution in [0.4, 0.5) is 8.78 Å². The van der Waals surface area contributed by atoms with E-state index in [9.17, 15) is 8.78 Å². The Bertz CT molecular complexity index is 710. The van der Waals surface area contributed by atoms with Crippen molar-refractivity contribution in [3.05, 3.63) is 46.7 Å². The third kappa shape index (κ3) is 4.14. The van der Waals surface area contributed by atoms with Gasteiger partial charge in [-0.2, -0.15) is 0 Å². The molecule has 0 radical (unpaired) electrons. The second kappa shape index (κ2) is 8.55. The molecule has 1 unspecified atom stereocenters. The number of ether oxygens (including phenoxy) is 1. The van der Waals surface area contributed by atoms with Gasteiger partial charge in [0.2, 0.25) is 0 Å². The Morgan fingerprint density at radius 3 is 2.07 bits per heavy atom. The number of hydrogen-bond acceptors (Lipinski definition) is 1. The molecule has 4 rings (SSSR count). The molecule has 2 saturated carbocycles. The Morgan fingerprint density at radius 1 is 0.821 bits per heavy atom. The molecule has 0 saturated heterocycles. The third-order valence-electron chi connectivity index (χ3n) is 7.70. The zero-order valence-electron chi connectivity index (χ0n) is 17.4. The molecule has 1 atom stereocenters. The van der Waals surface area contributed by atoms with Crippen molar-refractivity contribution in [1.29, 1.82) is 0 Å². The van der Waals surface area contributed by atoms with E-state index in [1.807, 2.05) is 0 Å². The number of benzene rings is 1. The van der Waals surface area contributed by atoms with Crippen molar-refractivity contribution in [3.8, 4) is 0 Å². The smallest absolute Gasteiger partial charge is 0.162 e. The average molecular weight is 389 g/mol. The minimum absolute atomic E-state index is 0.0839. The van der Waals surface area contributed by atoms with E-state index in [0.29, 0.717) is 23.7 Å². The zero-order chi connectivity index (χ0) is 19.7. The van der Waals surface area contributed by atoms with Crippen molar-refractivity contribution in [2.45, 2.75) is 77.6 Å². The van der Waals surface area contributed by atoms with Crippen LogP contribution in [-0.2, 0) is 4.74 Å². The first kappa shape index (κ1) is 19.9. The summed E-state index contributed by atoms with van der Waals surface area (Å²) >= 11 is 0. The van der Waals surface area contributed by atoms with Gasteiger partial charge in [0.25, 0.3) is 0 Å². The van der Waals surface area contributed by atoms with Crippen molar-refractivity contribution >= 4 is 0 Å². The van der Waals surface area contributed by atoms with Crippen LogP contribution < -0.4 is 0 Å². The third-order valence-corrected chi connectivity index (χ3v) is 7.70. The maximum absolute atomic E-state index is 14.3. The van der Waals surface area contributed by atoms with Gasteiger partial charge in [-0.25, -0.2) is 8.78 Å². The Kier molecular flexibility index (Phi) is 6.08. The van der Waals surface area contributed by atoms with Gasteiger partial charge in [-0.15, -0.1) is 0 Å². The van der Waals surface area contributed by atoms with Crippen LogP contribution in [0.15, 0.2) is 24.0 Å². The normalized spacial score (nSPS) is 33.9. The largest absolute Gasteiger partial charge is 0.497 e. The summed E-state index contributed by atoms with van der Waals surface area (Å²) in [5.41, 5.74) is 0.812. The van der Waals surface area contributed by atoms with Crippen molar-refractivity contribution < 1.29 is 13.5 Å². The maximum atomic E-state index is 14.3. The average Bonchev–Trinajstić information content (AvgIpc) is 2.73. The lowest BCUT2D eigenvalue weighted by molar-refractivity contribution is 0.104. The fraction of sp³-hybridized carbons (Fsp3) is 0.680. The van der Waals surface area contributed by atoms with Crippen molar-refractivity contribution in [3.63, 3.8) is 0 Å². The molecule has 0 aromatic heterocycles. The fourth-order valence-corrected chi connectivity index (χ4v) is 5.69. The van der Waals surface area contributed by atoms with Crippen molar-refractivity contribution in [2.75, 3.05) is 6.61 Å². The number of aryl methyl sites for hydroxylation is 1. The van der Waals surface area contributed by atoms with Crippen LogP contribution >= 0.6 is 0 Å². The molecule has 1 heterocycles. The van der Waals surface area contributed by atoms with E-state index < -0.39 is 11.6 Å². The summed E-state index contributed by atoms with van der Waals surface area (Å²) in [4.78, 5) is 0. The van der Waals surface area contributed by atoms with Crippen LogP contribution in [0.25, 0.3) is 0 Å². The molecule has 0 spiro atoms. The highest BCUT2D eigenvalue weighted by Crippen LogP contribution is 2.44. The second-order valence-electron chi connectivity index (χ2n) is 9.58. The second-order valence-corrected chi connectivity index (χ2v) is 9.58. The van der Waals surface area contributed by atoms with E-state index in [0.717, 1.165) is 29.9 Å². The summed E-state index contributed by atoms with van der Waals surface area (Å²) in [6.07, 6.45) is 13.7. The molecule has 1 aromatic rings. The van der Waals surface area contributed by atoms with E-state index >= 15 is 0 Å². The van der Waals surface area contributed by atoms with Crippen LogP contribution in [0.1, 0.15) is 81.8 Å². The summed E-state index contributed by atoms with van der Waals surface area (Å²) in [7, 11) is 0. The van der Waals surface area contributed by atoms with Crippen LogP contribution in [-0.4, -0.2) is 6.61 Å². The Morgan fingerprint density at radius 2 is 1.46 bits per heavy atom. The van der Waals surface area contributed by atoms with Crippen molar-refractivity contribution in [1.82, 2.24) is 0 Å². The molecule has 1 aliphatic heterocycles. The summed E-state index contributed by atoms with van der Waals surface area (Å²) in [5, 5.41) is 0. The summed E-state index contributed by atoms with van der Waals surface area (Å²) in [6, 6.07) is 3.39. The fourth-order valence-electron chi connectivity index (χ4n) is 5.69. The lowest BCUT2D eigenvalue weighted by Crippen LogP contribution is -2.27. The Labute approximate surface area is 168 Å². The molecule has 2 fully saturated rings. The van der Waals surface area contributed by atoms with Gasteiger partial charge in [-0.1, -0.05) is 31.9 Å². The predicted molar refractivity (Wildman–Crippen MR) is 109 cm³/mol. The summed E-state index contributed by atoms with van der Waals surface area (Å²) in [5.74, 6) is 2.91. The highest BCUT2D eigenvalue weighted by molar-refractivity contribution is 5.29. The van der Waals surface area contributed by atoms with Crippen LogP contribution in [0.3, 0.4) is 0 Å². The Balaban J connectivity index is 1.32. The van der Waals surface area contributed by atoms with Crippen LogP contribution in [0.5, 0.6) is 0 Å². The molecule has 2 aliphatic carbocycles. The van der Waals surface area contributed by atoms with E-state index in [4.69, 9.17) is 4.74 Å². The van der Waals surface area contributed by atoms with E-state index in [2.05, 4.69) is 13.0 Å². The van der Waals surface area contributed by atoms with Crippen LogP contribution in [0, 0.1) is 42.2 Å². The molecule has 1 nitrogen and oxygen atoms in total. The molecular weight excluding hydrogens is 354 g/mol. The summed E-state index contributed by atoms with van der Waals surface area (Å²) < 4.78 is 34.3. The van der Waals surface area contributed by atoms with E-state index in [1.54, 1.807) is 19.1 Å². The van der Waals surface area contributed by atoms with Crippen LogP contribution in [0.2, 0.25) is 0 Å². The highest BCUT2D eigenvalue weighted by Gasteiger charge is 2.33. The predicted octanol–water partition coefficient (Wildman–Crippen LogP) is 7.29. The molecule has 3 heteroatoms. The molecule has 0 amide bonds. The van der Waals surface area contributed by atoms with E-state index in [-0.39, 0.29) is 5.92 Å². The number of halogens is 2. The first-order chi connectivity index (χ1) is 13.5. The van der Waals surface area contributed by atoms with Gasteiger partial charge in [-0.3, -0.25) is 0 Å². The van der Waals surface area contributed by atoms with Gasteiger partial charge in [0.15, 0.2) is 11.6 Å². The van der Waals surface area contributed by atoms with Crippen molar-refractivity contribution in [2.24, 2.45) is 23.7 Å². The molecule has 3 aliphatic rings. The van der Waals surface area contributed by atoms with Gasteiger partial charge >= 0.3 is 0 Å². The molecule has 28 heavy (non-hydrogen) atoms. The van der Waals surface area contributed by atoms with Gasteiger partial charge in [-0.05, 0) is 86.8 Å². The number of allylic oxidation sites excluding steroid dienone is 2. The quantitative estimate of drug-likeness (QED) is 0.528. The molecule has 154 valence electrons. The maximum Gasteiger partial charge on any atom is 0.162 e. The molecule has 0 bridgehead atoms. The number of hydrogen-bond donors (Lipinski definition) is 0. The van der Waals surface area contributed by atoms with Gasteiger partial charge in [0.05, 0.1) is 12.4 Å². The zero-order valence-corrected chi connectivity index (χ0v) is 17.4. The minimum atomic E-state index is -0.720. The van der Waals surface area contributed by atoms with Gasteiger partial charge < -0.3 is 4.74 Å². The molecule has 0 N–H and O–H groups in total. The lowest BCUT2D eigenvalue weighted by Gasteiger charge is -2.38. The minimum Gasteiger partial charge on any atom is -0.497 e. The lowest BCUT2D eigenvalue weighted by atomic mass is 9.69. The van der Waals surface area contributed by atoms with Gasteiger partial charge in [0.1, 0.15) is 0 Å². The Hall–Kier alpha value is -1.38. The highest BCUT2D eigenvalue weighted by atomic mass is 19.2. The first-order valence-corrected chi connectivity index (χ1v) is 11.3. The SMILES string of the molecule is Cc1ccc(C2CC=C(C3CCC(C4CCC(C)CC4)CC3)OC2)c(F)c1F. The first-order valence-electron chi connectivity index (χ1n) is 11.3. The number of rotatable bonds is 3. The standard InChI is InChI=1S/C25H34F2O/c1-16-3-6-18(7-4-16)19-8-10-20(11-9-19)23-14-12-21(15-28-23)22-13-5-17(2)24(26)25(22)27/h5,13-14,16,18-21H,3-4,6-12,15H2,1-2H3. The topological polar surface area (TPSA) is 9.23 Å². The monoisotopic (exact) mass is 388 g/mol. The summed E-state index contributed by atoms with van der Waals surface area (Å²) in [6.45, 7) is 4.46. The van der Waals surface area contributed by atoms with E-state index in [1.165, 1.54) is 51.4 Å².